The summed E-state index contributed by atoms with van der Waals surface area (Å²) in [6.07, 6.45) is 0. The van der Waals surface area contributed by atoms with Crippen LogP contribution in [-0.4, -0.2) is 55.8 Å². The highest BCUT2D eigenvalue weighted by Gasteiger charge is 2.23. The molecule has 0 aromatic heterocycles. The number of sulfonamides is 1. The molecule has 0 aliphatic carbocycles. The monoisotopic (exact) mass is 288 g/mol. The summed E-state index contributed by atoms with van der Waals surface area (Å²) in [7, 11) is -0.647. The molecule has 0 spiro atoms. The Morgan fingerprint density at radius 2 is 1.89 bits per heavy atom. The number of para-hydroxylation sites is 1. The van der Waals surface area contributed by atoms with Gasteiger partial charge in [-0.25, -0.2) is 12.7 Å². The number of anilines is 1. The van der Waals surface area contributed by atoms with E-state index in [0.29, 0.717) is 5.69 Å². The summed E-state index contributed by atoms with van der Waals surface area (Å²) in [4.78, 5) is 0.133. The van der Waals surface area contributed by atoms with Crippen LogP contribution in [0.15, 0.2) is 29.2 Å². The number of nitrogens with zero attached hydrogens (tertiary/aromatic N) is 1. The zero-order valence-electron chi connectivity index (χ0n) is 11.3. The van der Waals surface area contributed by atoms with Gasteiger partial charge in [0, 0.05) is 20.6 Å². The van der Waals surface area contributed by atoms with Gasteiger partial charge in [-0.05, 0) is 19.1 Å². The Morgan fingerprint density at radius 1 is 1.32 bits per heavy atom. The van der Waals surface area contributed by atoms with E-state index in [9.17, 15) is 13.5 Å². The van der Waals surface area contributed by atoms with Crippen molar-refractivity contribution in [2.75, 3.05) is 32.6 Å². The van der Waals surface area contributed by atoms with Crippen molar-refractivity contribution in [3.05, 3.63) is 24.3 Å². The normalized spacial score (nSPS) is 15.3. The minimum absolute atomic E-state index is 0.0451. The Balaban J connectivity index is 3.05. The molecule has 108 valence electrons. The van der Waals surface area contributed by atoms with Crippen LogP contribution in [-0.2, 0) is 10.0 Å². The largest absolute Gasteiger partial charge is 0.393 e. The van der Waals surface area contributed by atoms with Crippen LogP contribution in [0.1, 0.15) is 6.92 Å². The van der Waals surface area contributed by atoms with Gasteiger partial charge >= 0.3 is 0 Å². The maximum Gasteiger partial charge on any atom is 0.244 e. The van der Waals surface area contributed by atoms with Gasteiger partial charge in [-0.2, -0.15) is 0 Å². The van der Waals surface area contributed by atoms with Gasteiger partial charge < -0.3 is 15.5 Å². The summed E-state index contributed by atoms with van der Waals surface area (Å²) >= 11 is 0. The van der Waals surface area contributed by atoms with E-state index in [1.165, 1.54) is 27.1 Å². The van der Waals surface area contributed by atoms with Crippen LogP contribution in [0.2, 0.25) is 0 Å². The predicted octanol–water partition coefficient (Wildman–Crippen LogP) is 0.0921. The van der Waals surface area contributed by atoms with E-state index in [1.54, 1.807) is 18.2 Å². The van der Waals surface area contributed by atoms with Gasteiger partial charge in [-0.1, -0.05) is 12.1 Å². The molecule has 3 N–H and O–H groups in total. The van der Waals surface area contributed by atoms with Crippen LogP contribution >= 0.6 is 0 Å². The molecule has 19 heavy (non-hydrogen) atoms. The molecule has 0 radical (unpaired) electrons. The van der Waals surface area contributed by atoms with Gasteiger partial charge in [-0.3, -0.25) is 0 Å². The molecule has 7 heteroatoms. The minimum atomic E-state index is -3.56. The lowest BCUT2D eigenvalue weighted by atomic mass is 10.1. The molecule has 0 amide bonds. The van der Waals surface area contributed by atoms with Crippen molar-refractivity contribution in [2.45, 2.75) is 17.4 Å². The van der Waals surface area contributed by atoms with E-state index >= 15 is 0 Å². The third-order valence-electron chi connectivity index (χ3n) is 2.65. The number of rotatable bonds is 6. The Kier molecular flexibility index (Phi) is 4.92. The van der Waals surface area contributed by atoms with Crippen molar-refractivity contribution in [2.24, 2.45) is 0 Å². The molecule has 1 aromatic carbocycles. The van der Waals surface area contributed by atoms with E-state index in [1.807, 2.05) is 0 Å². The van der Waals surface area contributed by atoms with Crippen molar-refractivity contribution >= 4 is 15.7 Å². The zero-order chi connectivity index (χ0) is 14.7. The lowest BCUT2D eigenvalue weighted by Gasteiger charge is -2.23. The Labute approximate surface area is 113 Å². The first-order chi connectivity index (χ1) is 8.70. The zero-order valence-corrected chi connectivity index (χ0v) is 12.1. The molecular weight excluding hydrogens is 268 g/mol. The summed E-state index contributed by atoms with van der Waals surface area (Å²) in [6.45, 7) is 1.09. The van der Waals surface area contributed by atoms with Crippen LogP contribution in [0.5, 0.6) is 0 Å². The highest BCUT2D eigenvalue weighted by molar-refractivity contribution is 7.89. The first-order valence-electron chi connectivity index (χ1n) is 5.79. The quantitative estimate of drug-likeness (QED) is 0.690. The van der Waals surface area contributed by atoms with Crippen molar-refractivity contribution in [3.63, 3.8) is 0 Å². The summed E-state index contributed by atoms with van der Waals surface area (Å²) in [6, 6.07) is 6.44. The molecule has 0 heterocycles. The Morgan fingerprint density at radius 3 is 2.42 bits per heavy atom. The second kappa shape index (κ2) is 5.87. The second-order valence-corrected chi connectivity index (χ2v) is 6.91. The first kappa shape index (κ1) is 15.9. The topological polar surface area (TPSA) is 89.9 Å². The molecule has 1 aromatic rings. The van der Waals surface area contributed by atoms with Gasteiger partial charge in [0.2, 0.25) is 10.0 Å². The van der Waals surface area contributed by atoms with Crippen LogP contribution in [0, 0.1) is 0 Å². The van der Waals surface area contributed by atoms with E-state index < -0.39 is 22.2 Å². The van der Waals surface area contributed by atoms with Gasteiger partial charge in [0.05, 0.1) is 12.3 Å². The fraction of sp³-hybridized carbons (Fsp3) is 0.500. The molecule has 1 atom stereocenters. The molecule has 0 saturated carbocycles. The van der Waals surface area contributed by atoms with Crippen molar-refractivity contribution in [1.29, 1.82) is 0 Å². The van der Waals surface area contributed by atoms with E-state index in [0.717, 1.165) is 4.31 Å². The first-order valence-corrected chi connectivity index (χ1v) is 7.23. The highest BCUT2D eigenvalue weighted by Crippen LogP contribution is 2.23. The maximum atomic E-state index is 12.1. The maximum absolute atomic E-state index is 12.1. The number of nitrogens with one attached hydrogen (secondary N) is 1. The lowest BCUT2D eigenvalue weighted by molar-refractivity contribution is 0.0132. The molecule has 0 aliphatic heterocycles. The Hall–Kier alpha value is -1.15. The molecule has 0 fully saturated rings. The van der Waals surface area contributed by atoms with Crippen LogP contribution in [0.3, 0.4) is 0 Å². The molecule has 1 unspecified atom stereocenters. The number of hydrogen-bond acceptors (Lipinski definition) is 5. The molecule has 1 rings (SSSR count). The fourth-order valence-corrected chi connectivity index (χ4v) is 2.44. The van der Waals surface area contributed by atoms with Gasteiger partial charge in [0.25, 0.3) is 0 Å². The van der Waals surface area contributed by atoms with Crippen molar-refractivity contribution < 1.29 is 18.6 Å². The molecule has 0 saturated heterocycles. The molecule has 6 nitrogen and oxygen atoms in total. The van der Waals surface area contributed by atoms with Crippen LogP contribution in [0.4, 0.5) is 5.69 Å². The number of aliphatic hydroxyl groups is 2. The van der Waals surface area contributed by atoms with Crippen LogP contribution < -0.4 is 5.32 Å². The van der Waals surface area contributed by atoms with E-state index in [4.69, 9.17) is 5.11 Å². The summed E-state index contributed by atoms with van der Waals surface area (Å²) < 4.78 is 25.4. The average molecular weight is 288 g/mol. The fourth-order valence-electron chi connectivity index (χ4n) is 1.38. The molecule has 0 aliphatic rings. The van der Waals surface area contributed by atoms with E-state index in [-0.39, 0.29) is 11.4 Å². The second-order valence-electron chi connectivity index (χ2n) is 4.79. The Bertz CT molecular complexity index is 526. The summed E-state index contributed by atoms with van der Waals surface area (Å²) in [5, 5.41) is 21.5. The van der Waals surface area contributed by atoms with Gasteiger partial charge in [-0.15, -0.1) is 0 Å². The lowest BCUT2D eigenvalue weighted by Crippen LogP contribution is -2.37. The third-order valence-corrected chi connectivity index (χ3v) is 4.52. The molecular formula is C12H20N2O4S. The minimum Gasteiger partial charge on any atom is -0.393 e. The number of aliphatic hydroxyl groups excluding tert-OH is 1. The van der Waals surface area contributed by atoms with Gasteiger partial charge in [0.15, 0.2) is 0 Å². The van der Waals surface area contributed by atoms with Gasteiger partial charge in [0.1, 0.15) is 10.5 Å². The van der Waals surface area contributed by atoms with Crippen molar-refractivity contribution in [1.82, 2.24) is 4.31 Å². The smallest absolute Gasteiger partial charge is 0.244 e. The summed E-state index contributed by atoms with van der Waals surface area (Å²) in [5.41, 5.74) is -0.917. The van der Waals surface area contributed by atoms with Crippen LogP contribution in [0.25, 0.3) is 0 Å². The van der Waals surface area contributed by atoms with Crippen molar-refractivity contribution in [3.8, 4) is 0 Å². The SMILES string of the molecule is CN(C)S(=O)(=O)c1ccccc1NCC(C)(O)CO. The van der Waals surface area contributed by atoms with E-state index in [2.05, 4.69) is 5.32 Å². The molecule has 0 bridgehead atoms. The predicted molar refractivity (Wildman–Crippen MR) is 73.5 cm³/mol. The third kappa shape index (κ3) is 3.90. The average Bonchev–Trinajstić information content (AvgIpc) is 2.36. The highest BCUT2D eigenvalue weighted by atomic mass is 32.2. The summed E-state index contributed by atoms with van der Waals surface area (Å²) in [5.74, 6) is 0. The standard InChI is InChI=1S/C12H20N2O4S/c1-12(16,9-15)8-13-10-6-4-5-7-11(10)19(17,18)14(2)3/h4-7,13,15-16H,8-9H2,1-3H3. The number of hydrogen-bond donors (Lipinski definition) is 3. The number of benzene rings is 1.